The molecule has 0 radical (unpaired) electrons. The number of aliphatic hydroxyl groups excluding tert-OH is 1. The van der Waals surface area contributed by atoms with Gasteiger partial charge in [0.15, 0.2) is 0 Å². The molecule has 1 unspecified atom stereocenters. The van der Waals surface area contributed by atoms with Crippen LogP contribution in [-0.2, 0) is 11.3 Å². The summed E-state index contributed by atoms with van der Waals surface area (Å²) in [5.74, 6) is 0. The Kier molecular flexibility index (Phi) is 3.46. The monoisotopic (exact) mass is 180 g/mol. The lowest BCUT2D eigenvalue weighted by atomic mass is 9.99. The van der Waals surface area contributed by atoms with Crippen LogP contribution >= 0.6 is 0 Å². The van der Waals surface area contributed by atoms with Gasteiger partial charge in [-0.3, -0.25) is 0 Å². The fourth-order valence-corrected chi connectivity index (χ4v) is 1.47. The summed E-state index contributed by atoms with van der Waals surface area (Å²) in [6.07, 6.45) is -0.406. The van der Waals surface area contributed by atoms with E-state index in [-0.39, 0.29) is 0 Å². The highest BCUT2D eigenvalue weighted by Crippen LogP contribution is 2.20. The van der Waals surface area contributed by atoms with Crippen LogP contribution in [0.15, 0.2) is 18.2 Å². The average Bonchev–Trinajstić information content (AvgIpc) is 2.08. The lowest BCUT2D eigenvalue weighted by Gasteiger charge is -2.12. The van der Waals surface area contributed by atoms with Gasteiger partial charge in [-0.1, -0.05) is 18.2 Å². The summed E-state index contributed by atoms with van der Waals surface area (Å²) in [5, 5.41) is 9.46. The van der Waals surface area contributed by atoms with Crippen LogP contribution in [0.25, 0.3) is 0 Å². The Bertz CT molecular complexity index is 279. The Morgan fingerprint density at radius 1 is 1.46 bits per heavy atom. The maximum atomic E-state index is 9.46. The minimum absolute atomic E-state index is 0.406. The van der Waals surface area contributed by atoms with Crippen molar-refractivity contribution < 1.29 is 9.84 Å². The molecule has 2 nitrogen and oxygen atoms in total. The molecular weight excluding hydrogens is 164 g/mol. The van der Waals surface area contributed by atoms with E-state index in [2.05, 4.69) is 0 Å². The first-order valence-corrected chi connectivity index (χ1v) is 4.42. The maximum absolute atomic E-state index is 9.46. The lowest BCUT2D eigenvalue weighted by molar-refractivity contribution is 0.182. The molecule has 0 saturated heterocycles. The molecule has 0 fully saturated rings. The van der Waals surface area contributed by atoms with Gasteiger partial charge in [0, 0.05) is 7.11 Å². The van der Waals surface area contributed by atoms with E-state index in [1.54, 1.807) is 14.0 Å². The van der Waals surface area contributed by atoms with Gasteiger partial charge in [0.2, 0.25) is 0 Å². The molecule has 0 aliphatic rings. The van der Waals surface area contributed by atoms with E-state index in [0.717, 1.165) is 16.7 Å². The molecule has 2 heteroatoms. The first kappa shape index (κ1) is 10.2. The molecular formula is C11H16O2. The summed E-state index contributed by atoms with van der Waals surface area (Å²) < 4.78 is 5.06. The number of aliphatic hydroxyl groups is 1. The fraction of sp³-hybridized carbons (Fsp3) is 0.455. The molecule has 72 valence electrons. The van der Waals surface area contributed by atoms with Gasteiger partial charge in [0.1, 0.15) is 0 Å². The van der Waals surface area contributed by atoms with Crippen molar-refractivity contribution in [2.24, 2.45) is 0 Å². The van der Waals surface area contributed by atoms with Crippen molar-refractivity contribution in [2.75, 3.05) is 7.11 Å². The zero-order chi connectivity index (χ0) is 9.84. The summed E-state index contributed by atoms with van der Waals surface area (Å²) in [5.41, 5.74) is 3.25. The summed E-state index contributed by atoms with van der Waals surface area (Å²) >= 11 is 0. The Hall–Kier alpha value is -0.860. The van der Waals surface area contributed by atoms with E-state index in [9.17, 15) is 5.11 Å². The standard InChI is InChI=1S/C11H16O2/c1-8-10(7-13-3)5-4-6-11(8)9(2)12/h4-6,9,12H,7H2,1-3H3. The van der Waals surface area contributed by atoms with Crippen LogP contribution in [0.5, 0.6) is 0 Å². The molecule has 0 bridgehead atoms. The number of ether oxygens (including phenoxy) is 1. The van der Waals surface area contributed by atoms with Crippen molar-refractivity contribution in [3.63, 3.8) is 0 Å². The number of hydrogen-bond acceptors (Lipinski definition) is 2. The van der Waals surface area contributed by atoms with Gasteiger partial charge in [-0.25, -0.2) is 0 Å². The third-order valence-corrected chi connectivity index (χ3v) is 2.24. The van der Waals surface area contributed by atoms with Crippen LogP contribution in [0, 0.1) is 6.92 Å². The van der Waals surface area contributed by atoms with Gasteiger partial charge >= 0.3 is 0 Å². The van der Waals surface area contributed by atoms with Crippen LogP contribution in [0.2, 0.25) is 0 Å². The van der Waals surface area contributed by atoms with Crippen molar-refractivity contribution in [3.8, 4) is 0 Å². The van der Waals surface area contributed by atoms with E-state index in [1.807, 2.05) is 25.1 Å². The minimum Gasteiger partial charge on any atom is -0.389 e. The largest absolute Gasteiger partial charge is 0.389 e. The second-order valence-corrected chi connectivity index (χ2v) is 3.24. The first-order chi connectivity index (χ1) is 6.16. The molecule has 0 spiro atoms. The van der Waals surface area contributed by atoms with Crippen molar-refractivity contribution >= 4 is 0 Å². The number of methoxy groups -OCH3 is 1. The van der Waals surface area contributed by atoms with Crippen molar-refractivity contribution in [1.82, 2.24) is 0 Å². The van der Waals surface area contributed by atoms with E-state index >= 15 is 0 Å². The summed E-state index contributed by atoms with van der Waals surface area (Å²) in [7, 11) is 1.68. The van der Waals surface area contributed by atoms with Crippen molar-refractivity contribution in [2.45, 2.75) is 26.6 Å². The molecule has 1 aromatic rings. The molecule has 0 heterocycles. The number of benzene rings is 1. The highest BCUT2D eigenvalue weighted by atomic mass is 16.5. The van der Waals surface area contributed by atoms with Crippen molar-refractivity contribution in [3.05, 3.63) is 34.9 Å². The van der Waals surface area contributed by atoms with Crippen molar-refractivity contribution in [1.29, 1.82) is 0 Å². The highest BCUT2D eigenvalue weighted by molar-refractivity contribution is 5.34. The van der Waals surface area contributed by atoms with Gasteiger partial charge in [-0.15, -0.1) is 0 Å². The molecule has 13 heavy (non-hydrogen) atoms. The third kappa shape index (κ3) is 2.29. The molecule has 0 aliphatic carbocycles. The smallest absolute Gasteiger partial charge is 0.0764 e. The Morgan fingerprint density at radius 2 is 2.15 bits per heavy atom. The zero-order valence-corrected chi connectivity index (χ0v) is 8.37. The van der Waals surface area contributed by atoms with E-state index in [4.69, 9.17) is 4.74 Å². The maximum Gasteiger partial charge on any atom is 0.0764 e. The normalized spacial score (nSPS) is 12.9. The number of rotatable bonds is 3. The first-order valence-electron chi connectivity index (χ1n) is 4.42. The number of hydrogen-bond donors (Lipinski definition) is 1. The molecule has 0 aliphatic heterocycles. The van der Waals surface area contributed by atoms with Gasteiger partial charge in [0.25, 0.3) is 0 Å². The van der Waals surface area contributed by atoms with E-state index in [0.29, 0.717) is 6.61 Å². The second kappa shape index (κ2) is 4.40. The fourth-order valence-electron chi connectivity index (χ4n) is 1.47. The predicted octanol–water partition coefficient (Wildman–Crippen LogP) is 2.19. The van der Waals surface area contributed by atoms with E-state index in [1.165, 1.54) is 0 Å². The van der Waals surface area contributed by atoms with Gasteiger partial charge in [0.05, 0.1) is 12.7 Å². The summed E-state index contributed by atoms with van der Waals surface area (Å²) in [4.78, 5) is 0. The van der Waals surface area contributed by atoms with Gasteiger partial charge < -0.3 is 9.84 Å². The molecule has 0 amide bonds. The molecule has 1 aromatic carbocycles. The highest BCUT2D eigenvalue weighted by Gasteiger charge is 2.07. The minimum atomic E-state index is -0.406. The van der Waals surface area contributed by atoms with E-state index < -0.39 is 6.10 Å². The van der Waals surface area contributed by atoms with Gasteiger partial charge in [-0.05, 0) is 30.5 Å². The SMILES string of the molecule is COCc1cccc(C(C)O)c1C. The quantitative estimate of drug-likeness (QED) is 0.772. The molecule has 0 aromatic heterocycles. The van der Waals surface area contributed by atoms with Crippen LogP contribution in [0.4, 0.5) is 0 Å². The Labute approximate surface area is 79.2 Å². The molecule has 1 N–H and O–H groups in total. The van der Waals surface area contributed by atoms with Crippen LogP contribution in [0.3, 0.4) is 0 Å². The predicted molar refractivity (Wildman–Crippen MR) is 52.5 cm³/mol. The summed E-state index contributed by atoms with van der Waals surface area (Å²) in [6.45, 7) is 4.39. The Balaban J connectivity index is 3.03. The lowest BCUT2D eigenvalue weighted by Crippen LogP contribution is -1.99. The van der Waals surface area contributed by atoms with Gasteiger partial charge in [-0.2, -0.15) is 0 Å². The third-order valence-electron chi connectivity index (χ3n) is 2.24. The van der Waals surface area contributed by atoms with Crippen LogP contribution < -0.4 is 0 Å². The molecule has 1 atom stereocenters. The molecule has 0 saturated carbocycles. The van der Waals surface area contributed by atoms with Crippen LogP contribution in [0.1, 0.15) is 29.7 Å². The zero-order valence-electron chi connectivity index (χ0n) is 8.37. The average molecular weight is 180 g/mol. The summed E-state index contributed by atoms with van der Waals surface area (Å²) in [6, 6.07) is 5.91. The molecule has 1 rings (SSSR count). The topological polar surface area (TPSA) is 29.5 Å². The Morgan fingerprint density at radius 3 is 2.69 bits per heavy atom. The van der Waals surface area contributed by atoms with Crippen LogP contribution in [-0.4, -0.2) is 12.2 Å². The second-order valence-electron chi connectivity index (χ2n) is 3.24.